The lowest BCUT2D eigenvalue weighted by molar-refractivity contribution is 0.304. The van der Waals surface area contributed by atoms with Gasteiger partial charge in [0, 0.05) is 11.6 Å². The van der Waals surface area contributed by atoms with Crippen molar-refractivity contribution < 1.29 is 4.74 Å². The Morgan fingerprint density at radius 1 is 1.11 bits per heavy atom. The molecular formula is C16H18ClNO. The summed E-state index contributed by atoms with van der Waals surface area (Å²) in [6.45, 7) is 3.44. The van der Waals surface area contributed by atoms with E-state index in [9.17, 15) is 0 Å². The molecule has 3 heteroatoms. The first-order valence-electron chi connectivity index (χ1n) is 6.30. The smallest absolute Gasteiger partial charge is 0.122 e. The summed E-state index contributed by atoms with van der Waals surface area (Å²) in [6.07, 6.45) is 0. The van der Waals surface area contributed by atoms with Gasteiger partial charge in [0.25, 0.3) is 0 Å². The van der Waals surface area contributed by atoms with Gasteiger partial charge in [0.1, 0.15) is 12.4 Å². The first-order chi connectivity index (χ1) is 9.19. The summed E-state index contributed by atoms with van der Waals surface area (Å²) in [5, 5.41) is 3.88. The monoisotopic (exact) mass is 275 g/mol. The maximum atomic E-state index is 5.93. The summed E-state index contributed by atoms with van der Waals surface area (Å²) in [5.41, 5.74) is 3.48. The van der Waals surface area contributed by atoms with Crippen molar-refractivity contribution in [2.45, 2.75) is 20.1 Å². The highest BCUT2D eigenvalue weighted by atomic mass is 35.5. The van der Waals surface area contributed by atoms with Crippen LogP contribution in [-0.2, 0) is 13.2 Å². The SMILES string of the molecule is CNCc1cccc(COc2ccc(Cl)cc2C)c1. The zero-order valence-corrected chi connectivity index (χ0v) is 12.0. The molecule has 0 bridgehead atoms. The van der Waals surface area contributed by atoms with Gasteiger partial charge in [0.2, 0.25) is 0 Å². The quantitative estimate of drug-likeness (QED) is 0.892. The molecule has 0 heterocycles. The van der Waals surface area contributed by atoms with Crippen LogP contribution in [0.2, 0.25) is 5.02 Å². The van der Waals surface area contributed by atoms with Crippen molar-refractivity contribution in [1.82, 2.24) is 5.32 Å². The number of halogens is 1. The molecule has 0 saturated carbocycles. The summed E-state index contributed by atoms with van der Waals surface area (Å²) in [4.78, 5) is 0. The number of ether oxygens (including phenoxy) is 1. The highest BCUT2D eigenvalue weighted by Crippen LogP contribution is 2.22. The number of hydrogen-bond donors (Lipinski definition) is 1. The predicted octanol–water partition coefficient (Wildman–Crippen LogP) is 3.95. The van der Waals surface area contributed by atoms with Gasteiger partial charge in [-0.15, -0.1) is 0 Å². The van der Waals surface area contributed by atoms with Crippen molar-refractivity contribution in [3.63, 3.8) is 0 Å². The van der Waals surface area contributed by atoms with Crippen LogP contribution in [0.15, 0.2) is 42.5 Å². The third-order valence-electron chi connectivity index (χ3n) is 2.90. The standard InChI is InChI=1S/C16H18ClNO/c1-12-8-15(17)6-7-16(12)19-11-14-5-3-4-13(9-14)10-18-2/h3-9,18H,10-11H2,1-2H3. The molecule has 0 radical (unpaired) electrons. The summed E-state index contributed by atoms with van der Waals surface area (Å²) in [5.74, 6) is 0.878. The van der Waals surface area contributed by atoms with E-state index in [1.807, 2.05) is 32.2 Å². The Balaban J connectivity index is 2.03. The highest BCUT2D eigenvalue weighted by Gasteiger charge is 2.01. The van der Waals surface area contributed by atoms with E-state index < -0.39 is 0 Å². The lowest BCUT2D eigenvalue weighted by Gasteiger charge is -2.10. The van der Waals surface area contributed by atoms with Crippen molar-refractivity contribution in [3.8, 4) is 5.75 Å². The van der Waals surface area contributed by atoms with Crippen LogP contribution in [0.25, 0.3) is 0 Å². The van der Waals surface area contributed by atoms with E-state index in [4.69, 9.17) is 16.3 Å². The number of rotatable bonds is 5. The first-order valence-corrected chi connectivity index (χ1v) is 6.68. The van der Waals surface area contributed by atoms with E-state index in [0.717, 1.165) is 22.9 Å². The summed E-state index contributed by atoms with van der Waals surface area (Å²) in [6, 6.07) is 14.1. The van der Waals surface area contributed by atoms with Crippen LogP contribution in [0.4, 0.5) is 0 Å². The van der Waals surface area contributed by atoms with E-state index in [1.54, 1.807) is 0 Å². The molecule has 0 saturated heterocycles. The fourth-order valence-corrected chi connectivity index (χ4v) is 2.20. The molecule has 100 valence electrons. The zero-order chi connectivity index (χ0) is 13.7. The molecule has 19 heavy (non-hydrogen) atoms. The van der Waals surface area contributed by atoms with Gasteiger partial charge in [-0.05, 0) is 48.9 Å². The van der Waals surface area contributed by atoms with Crippen molar-refractivity contribution in [2.75, 3.05) is 7.05 Å². The van der Waals surface area contributed by atoms with E-state index in [-0.39, 0.29) is 0 Å². The summed E-state index contributed by atoms with van der Waals surface area (Å²) < 4.78 is 5.83. The maximum Gasteiger partial charge on any atom is 0.122 e. The normalized spacial score (nSPS) is 10.5. The Morgan fingerprint density at radius 3 is 2.63 bits per heavy atom. The van der Waals surface area contributed by atoms with Crippen molar-refractivity contribution in [3.05, 3.63) is 64.2 Å². The van der Waals surface area contributed by atoms with Crippen LogP contribution in [0.5, 0.6) is 5.75 Å². The second-order valence-corrected chi connectivity index (χ2v) is 4.99. The Hall–Kier alpha value is -1.51. The molecule has 1 N–H and O–H groups in total. The molecular weight excluding hydrogens is 258 g/mol. The average molecular weight is 276 g/mol. The predicted molar refractivity (Wildman–Crippen MR) is 79.7 cm³/mol. The Labute approximate surface area is 119 Å². The van der Waals surface area contributed by atoms with Crippen LogP contribution < -0.4 is 10.1 Å². The van der Waals surface area contributed by atoms with E-state index >= 15 is 0 Å². The molecule has 2 nitrogen and oxygen atoms in total. The number of benzene rings is 2. The Kier molecular flexibility index (Phi) is 4.83. The molecule has 2 aromatic rings. The molecule has 0 fully saturated rings. The Bertz CT molecular complexity index is 554. The molecule has 0 amide bonds. The van der Waals surface area contributed by atoms with Crippen LogP contribution in [0.3, 0.4) is 0 Å². The minimum Gasteiger partial charge on any atom is -0.489 e. The van der Waals surface area contributed by atoms with Crippen LogP contribution in [0.1, 0.15) is 16.7 Å². The van der Waals surface area contributed by atoms with Gasteiger partial charge in [-0.1, -0.05) is 35.9 Å². The van der Waals surface area contributed by atoms with Gasteiger partial charge in [-0.3, -0.25) is 0 Å². The molecule has 0 aliphatic rings. The van der Waals surface area contributed by atoms with Crippen LogP contribution in [0, 0.1) is 6.92 Å². The lowest BCUT2D eigenvalue weighted by atomic mass is 10.1. The van der Waals surface area contributed by atoms with Gasteiger partial charge in [0.15, 0.2) is 0 Å². The number of aryl methyl sites for hydroxylation is 1. The molecule has 0 unspecified atom stereocenters. The lowest BCUT2D eigenvalue weighted by Crippen LogP contribution is -2.05. The topological polar surface area (TPSA) is 21.3 Å². The maximum absolute atomic E-state index is 5.93. The first kappa shape index (κ1) is 13.9. The highest BCUT2D eigenvalue weighted by molar-refractivity contribution is 6.30. The number of hydrogen-bond acceptors (Lipinski definition) is 2. The minimum atomic E-state index is 0.569. The molecule has 0 aromatic heterocycles. The second-order valence-electron chi connectivity index (χ2n) is 4.55. The largest absolute Gasteiger partial charge is 0.489 e. The van der Waals surface area contributed by atoms with E-state index in [2.05, 4.69) is 29.6 Å². The second kappa shape index (κ2) is 6.60. The molecule has 2 rings (SSSR count). The minimum absolute atomic E-state index is 0.569. The molecule has 2 aromatic carbocycles. The van der Waals surface area contributed by atoms with E-state index in [1.165, 1.54) is 11.1 Å². The van der Waals surface area contributed by atoms with Gasteiger partial charge >= 0.3 is 0 Å². The molecule has 0 aliphatic heterocycles. The fraction of sp³-hybridized carbons (Fsp3) is 0.250. The summed E-state index contributed by atoms with van der Waals surface area (Å²) >= 11 is 5.93. The number of nitrogens with one attached hydrogen (secondary N) is 1. The van der Waals surface area contributed by atoms with Crippen molar-refractivity contribution in [2.24, 2.45) is 0 Å². The third kappa shape index (κ3) is 3.98. The van der Waals surface area contributed by atoms with Crippen LogP contribution >= 0.6 is 11.6 Å². The van der Waals surface area contributed by atoms with Gasteiger partial charge in [-0.2, -0.15) is 0 Å². The molecule has 0 aliphatic carbocycles. The zero-order valence-electron chi connectivity index (χ0n) is 11.2. The average Bonchev–Trinajstić information content (AvgIpc) is 2.38. The van der Waals surface area contributed by atoms with Crippen molar-refractivity contribution in [1.29, 1.82) is 0 Å². The van der Waals surface area contributed by atoms with Crippen LogP contribution in [-0.4, -0.2) is 7.05 Å². The fourth-order valence-electron chi connectivity index (χ4n) is 1.97. The van der Waals surface area contributed by atoms with E-state index in [0.29, 0.717) is 6.61 Å². The molecule has 0 spiro atoms. The van der Waals surface area contributed by atoms with Crippen molar-refractivity contribution >= 4 is 11.6 Å². The summed E-state index contributed by atoms with van der Waals surface area (Å²) in [7, 11) is 1.94. The van der Waals surface area contributed by atoms with Gasteiger partial charge in [-0.25, -0.2) is 0 Å². The third-order valence-corrected chi connectivity index (χ3v) is 3.14. The Morgan fingerprint density at radius 2 is 1.89 bits per heavy atom. The molecule has 0 atom stereocenters. The van der Waals surface area contributed by atoms with Gasteiger partial charge < -0.3 is 10.1 Å². The van der Waals surface area contributed by atoms with Gasteiger partial charge in [0.05, 0.1) is 0 Å².